The van der Waals surface area contributed by atoms with Gasteiger partial charge in [-0.05, 0) is 43.5 Å². The van der Waals surface area contributed by atoms with Crippen LogP contribution in [0.1, 0.15) is 45.1 Å². The average Bonchev–Trinajstić information content (AvgIpc) is 2.91. The Kier molecular flexibility index (Phi) is 8.79. The molecule has 1 aromatic rings. The van der Waals surface area contributed by atoms with E-state index in [-0.39, 0.29) is 12.3 Å². The largest absolute Gasteiger partial charge is 0.490 e. The van der Waals surface area contributed by atoms with Gasteiger partial charge in [0.05, 0.1) is 18.1 Å². The molecule has 0 aromatic heterocycles. The highest BCUT2D eigenvalue weighted by Gasteiger charge is 2.31. The second-order valence-electron chi connectivity index (χ2n) is 6.17. The number of rotatable bonds is 11. The van der Waals surface area contributed by atoms with Gasteiger partial charge >= 0.3 is 5.97 Å². The summed E-state index contributed by atoms with van der Waals surface area (Å²) >= 11 is 6.50. The lowest BCUT2D eigenvalue weighted by molar-refractivity contribution is -0.137. The van der Waals surface area contributed by atoms with Crippen molar-refractivity contribution in [1.29, 1.82) is 0 Å². The highest BCUT2D eigenvalue weighted by molar-refractivity contribution is 8.26. The highest BCUT2D eigenvalue weighted by atomic mass is 32.2. The predicted molar refractivity (Wildman–Crippen MR) is 115 cm³/mol. The second kappa shape index (κ2) is 11.1. The molecule has 0 radical (unpaired) electrons. The minimum Gasteiger partial charge on any atom is -0.490 e. The molecular formula is C20H25NO5S2. The first-order chi connectivity index (χ1) is 13.5. The molecule has 1 saturated heterocycles. The summed E-state index contributed by atoms with van der Waals surface area (Å²) in [5, 5.41) is 8.75. The van der Waals surface area contributed by atoms with Gasteiger partial charge in [0, 0.05) is 13.0 Å². The Morgan fingerprint density at radius 3 is 2.71 bits per heavy atom. The highest BCUT2D eigenvalue weighted by Crippen LogP contribution is 2.35. The van der Waals surface area contributed by atoms with E-state index in [2.05, 4.69) is 6.92 Å². The summed E-state index contributed by atoms with van der Waals surface area (Å²) in [6.45, 7) is 5.46. The lowest BCUT2D eigenvalue weighted by atomic mass is 10.1. The van der Waals surface area contributed by atoms with E-state index in [1.165, 1.54) is 16.7 Å². The third-order valence-electron chi connectivity index (χ3n) is 3.97. The Labute approximate surface area is 174 Å². The molecule has 1 aliphatic rings. The Hall–Kier alpha value is -2.06. The van der Waals surface area contributed by atoms with E-state index in [4.69, 9.17) is 26.8 Å². The normalized spacial score (nSPS) is 15.4. The van der Waals surface area contributed by atoms with Crippen molar-refractivity contribution in [3.05, 3.63) is 28.7 Å². The maximum absolute atomic E-state index is 12.6. The zero-order valence-electron chi connectivity index (χ0n) is 16.1. The zero-order valence-corrected chi connectivity index (χ0v) is 17.7. The fraction of sp³-hybridized carbons (Fsp3) is 0.450. The number of carbonyl (C=O) groups is 2. The van der Waals surface area contributed by atoms with E-state index in [9.17, 15) is 9.59 Å². The SMILES string of the molecule is CCCCOc1ccc(/C=C2\SC(=S)N(CCCC(=O)O)C2=O)cc1OCC. The van der Waals surface area contributed by atoms with Crippen molar-refractivity contribution < 1.29 is 24.2 Å². The number of aliphatic carboxylic acids is 1. The number of hydrogen-bond donors (Lipinski definition) is 1. The number of amides is 1. The summed E-state index contributed by atoms with van der Waals surface area (Å²) in [6.07, 6.45) is 4.17. The number of carboxylic acids is 1. The molecule has 1 amide bonds. The molecule has 2 rings (SSSR count). The molecule has 0 unspecified atom stereocenters. The molecule has 1 heterocycles. The lowest BCUT2D eigenvalue weighted by Gasteiger charge is -2.13. The number of thioether (sulfide) groups is 1. The van der Waals surface area contributed by atoms with E-state index in [0.29, 0.717) is 46.9 Å². The van der Waals surface area contributed by atoms with Gasteiger partial charge in [-0.25, -0.2) is 0 Å². The van der Waals surface area contributed by atoms with Gasteiger partial charge in [-0.2, -0.15) is 0 Å². The van der Waals surface area contributed by atoms with Gasteiger partial charge in [0.15, 0.2) is 11.5 Å². The van der Waals surface area contributed by atoms with Crippen molar-refractivity contribution >= 4 is 46.3 Å². The summed E-state index contributed by atoms with van der Waals surface area (Å²) in [6, 6.07) is 5.57. The van der Waals surface area contributed by atoms with Crippen LogP contribution in [0.2, 0.25) is 0 Å². The van der Waals surface area contributed by atoms with Gasteiger partial charge in [-0.15, -0.1) is 0 Å². The third-order valence-corrected chi connectivity index (χ3v) is 5.34. The number of unbranched alkanes of at least 4 members (excludes halogenated alkanes) is 1. The number of benzene rings is 1. The zero-order chi connectivity index (χ0) is 20.5. The van der Waals surface area contributed by atoms with Crippen LogP contribution in [0.25, 0.3) is 6.08 Å². The Morgan fingerprint density at radius 2 is 2.04 bits per heavy atom. The Bertz CT molecular complexity index is 763. The van der Waals surface area contributed by atoms with Crippen LogP contribution in [0.5, 0.6) is 11.5 Å². The van der Waals surface area contributed by atoms with Crippen LogP contribution in [-0.4, -0.2) is 46.0 Å². The number of ether oxygens (including phenoxy) is 2. The molecule has 1 aliphatic heterocycles. The second-order valence-corrected chi connectivity index (χ2v) is 7.85. The smallest absolute Gasteiger partial charge is 0.303 e. The molecule has 152 valence electrons. The molecule has 1 fully saturated rings. The number of carboxylic acid groups (broad SMARTS) is 1. The van der Waals surface area contributed by atoms with Gasteiger partial charge in [0.2, 0.25) is 0 Å². The lowest BCUT2D eigenvalue weighted by Crippen LogP contribution is -2.29. The fourth-order valence-corrected chi connectivity index (χ4v) is 3.87. The topological polar surface area (TPSA) is 76.1 Å². The van der Waals surface area contributed by atoms with Gasteiger partial charge in [0.1, 0.15) is 4.32 Å². The number of nitrogens with zero attached hydrogens (tertiary/aromatic N) is 1. The van der Waals surface area contributed by atoms with Crippen LogP contribution in [0.4, 0.5) is 0 Å². The first-order valence-electron chi connectivity index (χ1n) is 9.33. The average molecular weight is 424 g/mol. The Morgan fingerprint density at radius 1 is 1.25 bits per heavy atom. The Balaban J connectivity index is 2.13. The number of carbonyl (C=O) groups excluding carboxylic acids is 1. The van der Waals surface area contributed by atoms with Gasteiger partial charge in [-0.3, -0.25) is 14.5 Å². The van der Waals surface area contributed by atoms with E-state index in [1.807, 2.05) is 25.1 Å². The maximum atomic E-state index is 12.6. The van der Waals surface area contributed by atoms with Crippen LogP contribution < -0.4 is 9.47 Å². The molecular weight excluding hydrogens is 398 g/mol. The van der Waals surface area contributed by atoms with Crippen LogP contribution in [0, 0.1) is 0 Å². The van der Waals surface area contributed by atoms with Gasteiger partial charge in [0.25, 0.3) is 5.91 Å². The number of thiocarbonyl (C=S) groups is 1. The van der Waals surface area contributed by atoms with Gasteiger partial charge in [-0.1, -0.05) is 43.4 Å². The molecule has 0 atom stereocenters. The predicted octanol–water partition coefficient (Wildman–Crippen LogP) is 4.33. The van der Waals surface area contributed by atoms with Crippen molar-refractivity contribution in [3.8, 4) is 11.5 Å². The minimum absolute atomic E-state index is 0.00726. The third kappa shape index (κ3) is 6.24. The van der Waals surface area contributed by atoms with Crippen molar-refractivity contribution in [2.75, 3.05) is 19.8 Å². The quantitative estimate of drug-likeness (QED) is 0.322. The van der Waals surface area contributed by atoms with E-state index >= 15 is 0 Å². The summed E-state index contributed by atoms with van der Waals surface area (Å²) < 4.78 is 11.9. The van der Waals surface area contributed by atoms with Crippen LogP contribution in [-0.2, 0) is 9.59 Å². The molecule has 6 nitrogen and oxygen atoms in total. The summed E-state index contributed by atoms with van der Waals surface area (Å²) in [5.41, 5.74) is 0.817. The minimum atomic E-state index is -0.884. The van der Waals surface area contributed by atoms with E-state index in [0.717, 1.165) is 18.4 Å². The summed E-state index contributed by atoms with van der Waals surface area (Å²) in [7, 11) is 0. The standard InChI is InChI=1S/C20H25NO5S2/c1-3-5-11-26-15-9-8-14(12-16(15)25-4-2)13-17-19(24)21(20(27)28-17)10-6-7-18(22)23/h8-9,12-13H,3-7,10-11H2,1-2H3,(H,22,23)/b17-13-. The maximum Gasteiger partial charge on any atom is 0.303 e. The van der Waals surface area contributed by atoms with Crippen molar-refractivity contribution in [2.24, 2.45) is 0 Å². The molecule has 0 saturated carbocycles. The van der Waals surface area contributed by atoms with Crippen LogP contribution in [0.15, 0.2) is 23.1 Å². The first-order valence-corrected chi connectivity index (χ1v) is 10.6. The van der Waals surface area contributed by atoms with E-state index in [1.54, 1.807) is 6.08 Å². The van der Waals surface area contributed by atoms with Gasteiger partial charge < -0.3 is 14.6 Å². The first kappa shape index (κ1) is 22.2. The summed E-state index contributed by atoms with van der Waals surface area (Å²) in [4.78, 5) is 25.2. The molecule has 28 heavy (non-hydrogen) atoms. The van der Waals surface area contributed by atoms with Crippen molar-refractivity contribution in [2.45, 2.75) is 39.5 Å². The molecule has 0 aliphatic carbocycles. The van der Waals surface area contributed by atoms with Crippen LogP contribution in [0.3, 0.4) is 0 Å². The van der Waals surface area contributed by atoms with Crippen molar-refractivity contribution in [3.63, 3.8) is 0 Å². The molecule has 8 heteroatoms. The molecule has 1 aromatic carbocycles. The monoisotopic (exact) mass is 423 g/mol. The molecule has 0 bridgehead atoms. The molecule has 0 spiro atoms. The fourth-order valence-electron chi connectivity index (χ4n) is 2.56. The summed E-state index contributed by atoms with van der Waals surface area (Å²) in [5.74, 6) is 0.255. The van der Waals surface area contributed by atoms with E-state index < -0.39 is 5.97 Å². The molecule has 1 N–H and O–H groups in total. The van der Waals surface area contributed by atoms with Crippen LogP contribution >= 0.6 is 24.0 Å². The number of hydrogen-bond acceptors (Lipinski definition) is 6. The van der Waals surface area contributed by atoms with Crippen molar-refractivity contribution in [1.82, 2.24) is 4.90 Å².